The zero-order valence-electron chi connectivity index (χ0n) is 10.8. The van der Waals surface area contributed by atoms with Crippen LogP contribution in [0.1, 0.15) is 17.3 Å². The third kappa shape index (κ3) is 3.39. The van der Waals surface area contributed by atoms with Crippen LogP contribution in [-0.2, 0) is 4.74 Å². The second-order valence-electron chi connectivity index (χ2n) is 3.89. The van der Waals surface area contributed by atoms with E-state index in [0.29, 0.717) is 10.8 Å². The molecule has 0 aliphatic carbocycles. The monoisotopic (exact) mass is 292 g/mol. The zero-order valence-corrected chi connectivity index (χ0v) is 11.6. The highest BCUT2D eigenvalue weighted by Crippen LogP contribution is 2.25. The maximum atomic E-state index is 11.7. The maximum absolute atomic E-state index is 11.7. The van der Waals surface area contributed by atoms with Crippen molar-refractivity contribution in [3.8, 4) is 11.6 Å². The SMILES string of the molecule is CCOC(=O)c1cc(Oc2cccc(Cl)c2)ncc1N. The summed E-state index contributed by atoms with van der Waals surface area (Å²) in [6.45, 7) is 1.99. The maximum Gasteiger partial charge on any atom is 0.340 e. The van der Waals surface area contributed by atoms with Gasteiger partial charge in [-0.25, -0.2) is 9.78 Å². The molecule has 2 aromatic rings. The molecule has 0 spiro atoms. The number of aromatic nitrogens is 1. The molecule has 1 heterocycles. The summed E-state index contributed by atoms with van der Waals surface area (Å²) >= 11 is 5.86. The first-order chi connectivity index (χ1) is 9.60. The molecule has 0 atom stereocenters. The molecule has 0 amide bonds. The summed E-state index contributed by atoms with van der Waals surface area (Å²) in [7, 11) is 0. The van der Waals surface area contributed by atoms with E-state index in [1.54, 1.807) is 31.2 Å². The molecule has 0 saturated heterocycles. The Kier molecular flexibility index (Phi) is 4.42. The molecule has 5 nitrogen and oxygen atoms in total. The molecule has 0 aliphatic heterocycles. The largest absolute Gasteiger partial charge is 0.462 e. The van der Waals surface area contributed by atoms with Gasteiger partial charge in [0.1, 0.15) is 5.75 Å². The summed E-state index contributed by atoms with van der Waals surface area (Å²) in [5.41, 5.74) is 6.16. The first-order valence-corrected chi connectivity index (χ1v) is 6.34. The van der Waals surface area contributed by atoms with Gasteiger partial charge in [-0.15, -0.1) is 0 Å². The van der Waals surface area contributed by atoms with Crippen molar-refractivity contribution in [2.24, 2.45) is 0 Å². The van der Waals surface area contributed by atoms with Crippen molar-refractivity contribution in [2.45, 2.75) is 6.92 Å². The molecular formula is C14H13ClN2O3. The standard InChI is InChI=1S/C14H13ClN2O3/c1-2-19-14(18)11-7-13(17-8-12(11)16)20-10-5-3-4-9(15)6-10/h3-8H,2,16H2,1H3. The summed E-state index contributed by atoms with van der Waals surface area (Å²) in [4.78, 5) is 15.7. The molecule has 0 bridgehead atoms. The Balaban J connectivity index is 2.25. The molecule has 1 aromatic carbocycles. The minimum Gasteiger partial charge on any atom is -0.462 e. The fourth-order valence-corrected chi connectivity index (χ4v) is 1.72. The van der Waals surface area contributed by atoms with E-state index < -0.39 is 5.97 Å². The van der Waals surface area contributed by atoms with E-state index in [9.17, 15) is 4.79 Å². The van der Waals surface area contributed by atoms with Gasteiger partial charge >= 0.3 is 5.97 Å². The topological polar surface area (TPSA) is 74.4 Å². The smallest absolute Gasteiger partial charge is 0.340 e. The summed E-state index contributed by atoms with van der Waals surface area (Å²) in [6, 6.07) is 8.29. The molecule has 2 N–H and O–H groups in total. The van der Waals surface area contributed by atoms with Gasteiger partial charge in [-0.05, 0) is 25.1 Å². The Morgan fingerprint density at radius 1 is 1.40 bits per heavy atom. The third-order valence-corrected chi connectivity index (χ3v) is 2.66. The number of carbonyl (C=O) groups is 1. The van der Waals surface area contributed by atoms with E-state index in [0.717, 1.165) is 0 Å². The molecule has 0 unspecified atom stereocenters. The van der Waals surface area contributed by atoms with Crippen molar-refractivity contribution in [1.29, 1.82) is 0 Å². The summed E-state index contributed by atoms with van der Waals surface area (Å²) in [5, 5.41) is 0.545. The lowest BCUT2D eigenvalue weighted by Crippen LogP contribution is -2.08. The van der Waals surface area contributed by atoms with Gasteiger partial charge in [-0.2, -0.15) is 0 Å². The van der Waals surface area contributed by atoms with Gasteiger partial charge in [0, 0.05) is 11.1 Å². The molecule has 0 fully saturated rings. The van der Waals surface area contributed by atoms with E-state index in [2.05, 4.69) is 4.98 Å². The van der Waals surface area contributed by atoms with Crippen molar-refractivity contribution in [2.75, 3.05) is 12.3 Å². The third-order valence-electron chi connectivity index (χ3n) is 2.42. The van der Waals surface area contributed by atoms with Gasteiger partial charge in [0.2, 0.25) is 5.88 Å². The van der Waals surface area contributed by atoms with E-state index in [4.69, 9.17) is 26.8 Å². The first-order valence-electron chi connectivity index (χ1n) is 5.96. The van der Waals surface area contributed by atoms with Crippen molar-refractivity contribution < 1.29 is 14.3 Å². The lowest BCUT2D eigenvalue weighted by Gasteiger charge is -2.08. The number of nitrogen functional groups attached to an aromatic ring is 1. The number of esters is 1. The van der Waals surface area contributed by atoms with Gasteiger partial charge < -0.3 is 15.2 Å². The average Bonchev–Trinajstić information content (AvgIpc) is 2.41. The predicted molar refractivity (Wildman–Crippen MR) is 76.1 cm³/mol. The van der Waals surface area contributed by atoms with Crippen LogP contribution in [0.4, 0.5) is 5.69 Å². The number of nitrogens with two attached hydrogens (primary N) is 1. The lowest BCUT2D eigenvalue weighted by molar-refractivity contribution is 0.0527. The van der Waals surface area contributed by atoms with Crippen molar-refractivity contribution >= 4 is 23.3 Å². The Bertz CT molecular complexity index is 632. The lowest BCUT2D eigenvalue weighted by atomic mass is 10.2. The van der Waals surface area contributed by atoms with Crippen LogP contribution in [0.5, 0.6) is 11.6 Å². The van der Waals surface area contributed by atoms with E-state index >= 15 is 0 Å². The first kappa shape index (κ1) is 14.1. The second kappa shape index (κ2) is 6.25. The highest BCUT2D eigenvalue weighted by molar-refractivity contribution is 6.30. The Hall–Kier alpha value is -2.27. The number of halogens is 1. The minimum absolute atomic E-state index is 0.221. The number of rotatable bonds is 4. The zero-order chi connectivity index (χ0) is 14.5. The van der Waals surface area contributed by atoms with Crippen LogP contribution < -0.4 is 10.5 Å². The van der Waals surface area contributed by atoms with Crippen LogP contribution >= 0.6 is 11.6 Å². The highest BCUT2D eigenvalue weighted by atomic mass is 35.5. The molecule has 104 valence electrons. The fraction of sp³-hybridized carbons (Fsp3) is 0.143. The molecule has 6 heteroatoms. The van der Waals surface area contributed by atoms with Gasteiger partial charge in [-0.1, -0.05) is 17.7 Å². The number of pyridine rings is 1. The molecule has 0 saturated carbocycles. The van der Waals surface area contributed by atoms with Crippen LogP contribution in [-0.4, -0.2) is 17.6 Å². The molecular weight excluding hydrogens is 280 g/mol. The second-order valence-corrected chi connectivity index (χ2v) is 4.33. The van der Waals surface area contributed by atoms with Crippen LogP contribution in [0, 0.1) is 0 Å². The quantitative estimate of drug-likeness (QED) is 0.875. The normalized spacial score (nSPS) is 10.1. The average molecular weight is 293 g/mol. The Morgan fingerprint density at radius 2 is 2.20 bits per heavy atom. The van der Waals surface area contributed by atoms with E-state index in [-0.39, 0.29) is 23.7 Å². The van der Waals surface area contributed by atoms with Crippen LogP contribution in [0.3, 0.4) is 0 Å². The number of ether oxygens (including phenoxy) is 2. The van der Waals surface area contributed by atoms with Gasteiger partial charge in [0.25, 0.3) is 0 Å². The minimum atomic E-state index is -0.511. The molecule has 0 radical (unpaired) electrons. The van der Waals surface area contributed by atoms with Crippen molar-refractivity contribution in [1.82, 2.24) is 4.98 Å². The Morgan fingerprint density at radius 3 is 2.90 bits per heavy atom. The summed E-state index contributed by atoms with van der Waals surface area (Å²) < 4.78 is 10.4. The van der Waals surface area contributed by atoms with Crippen LogP contribution in [0.25, 0.3) is 0 Å². The van der Waals surface area contributed by atoms with E-state index in [1.807, 2.05) is 0 Å². The van der Waals surface area contributed by atoms with Gasteiger partial charge in [-0.3, -0.25) is 0 Å². The number of hydrogen-bond acceptors (Lipinski definition) is 5. The van der Waals surface area contributed by atoms with Crippen molar-refractivity contribution in [3.05, 3.63) is 47.1 Å². The number of benzene rings is 1. The van der Waals surface area contributed by atoms with Gasteiger partial charge in [0.05, 0.1) is 24.1 Å². The number of hydrogen-bond donors (Lipinski definition) is 1. The highest BCUT2D eigenvalue weighted by Gasteiger charge is 2.13. The van der Waals surface area contributed by atoms with Crippen LogP contribution in [0.15, 0.2) is 36.5 Å². The van der Waals surface area contributed by atoms with E-state index in [1.165, 1.54) is 12.3 Å². The summed E-state index contributed by atoms with van der Waals surface area (Å²) in [5.74, 6) is 0.248. The number of anilines is 1. The Labute approximate surface area is 121 Å². The number of nitrogens with zero attached hydrogens (tertiary/aromatic N) is 1. The van der Waals surface area contributed by atoms with Crippen molar-refractivity contribution in [3.63, 3.8) is 0 Å². The molecule has 0 aliphatic rings. The van der Waals surface area contributed by atoms with Crippen LogP contribution in [0.2, 0.25) is 5.02 Å². The fourth-order valence-electron chi connectivity index (χ4n) is 1.54. The molecule has 1 aromatic heterocycles. The predicted octanol–water partition coefficient (Wildman–Crippen LogP) is 3.29. The number of carbonyl (C=O) groups excluding carboxylic acids is 1. The molecule has 2 rings (SSSR count). The van der Waals surface area contributed by atoms with Gasteiger partial charge in [0.15, 0.2) is 0 Å². The molecule has 20 heavy (non-hydrogen) atoms. The summed E-state index contributed by atoms with van der Waals surface area (Å²) in [6.07, 6.45) is 1.35.